The van der Waals surface area contributed by atoms with Crippen molar-refractivity contribution in [1.29, 1.82) is 0 Å². The van der Waals surface area contributed by atoms with Gasteiger partial charge in [-0.3, -0.25) is 9.59 Å². The molecule has 0 amide bonds. The van der Waals surface area contributed by atoms with Gasteiger partial charge in [0.25, 0.3) is 0 Å². The van der Waals surface area contributed by atoms with Gasteiger partial charge in [-0.1, -0.05) is 11.6 Å². The van der Waals surface area contributed by atoms with E-state index in [4.69, 9.17) is 11.6 Å². The van der Waals surface area contributed by atoms with Crippen molar-refractivity contribution in [3.8, 4) is 0 Å². The summed E-state index contributed by atoms with van der Waals surface area (Å²) in [6.45, 7) is 0.0644. The van der Waals surface area contributed by atoms with Crippen LogP contribution >= 0.6 is 11.6 Å². The molecule has 5 heteroatoms. The van der Waals surface area contributed by atoms with Crippen LogP contribution in [-0.2, 0) is 16.1 Å². The summed E-state index contributed by atoms with van der Waals surface area (Å²) in [6.07, 6.45) is 1.56. The standard InChI is InChI=1S/C12H10ClNO3/c1-17-12(16)7-14-5-4-11(15)9-6-8(13)2-3-10(9)14/h2-6H,7H2,1H3. The number of hydrogen-bond donors (Lipinski definition) is 0. The fourth-order valence-corrected chi connectivity index (χ4v) is 1.80. The predicted molar refractivity (Wildman–Crippen MR) is 65.2 cm³/mol. The van der Waals surface area contributed by atoms with Crippen LogP contribution in [0.1, 0.15) is 0 Å². The third-order valence-electron chi connectivity index (χ3n) is 2.47. The lowest BCUT2D eigenvalue weighted by molar-refractivity contribution is -0.141. The van der Waals surface area contributed by atoms with Crippen molar-refractivity contribution in [2.75, 3.05) is 7.11 Å². The Morgan fingerprint density at radius 2 is 2.18 bits per heavy atom. The second-order valence-corrected chi connectivity index (χ2v) is 3.98. The molecule has 0 atom stereocenters. The molecule has 17 heavy (non-hydrogen) atoms. The molecule has 88 valence electrons. The third kappa shape index (κ3) is 2.31. The average molecular weight is 252 g/mol. The van der Waals surface area contributed by atoms with E-state index in [0.29, 0.717) is 15.9 Å². The number of aromatic nitrogens is 1. The van der Waals surface area contributed by atoms with Gasteiger partial charge in [-0.2, -0.15) is 0 Å². The molecule has 2 rings (SSSR count). The Morgan fingerprint density at radius 3 is 2.88 bits per heavy atom. The molecule has 4 nitrogen and oxygen atoms in total. The van der Waals surface area contributed by atoms with Crippen LogP contribution in [0.5, 0.6) is 0 Å². The van der Waals surface area contributed by atoms with Crippen molar-refractivity contribution in [1.82, 2.24) is 4.57 Å². The highest BCUT2D eigenvalue weighted by molar-refractivity contribution is 6.31. The summed E-state index contributed by atoms with van der Waals surface area (Å²) in [7, 11) is 1.32. The van der Waals surface area contributed by atoms with E-state index in [2.05, 4.69) is 4.74 Å². The molecule has 0 fully saturated rings. The number of fused-ring (bicyclic) bond motifs is 1. The number of esters is 1. The predicted octanol–water partition coefficient (Wildman–Crippen LogP) is 1.83. The van der Waals surface area contributed by atoms with Gasteiger partial charge in [0, 0.05) is 22.7 Å². The first-order valence-electron chi connectivity index (χ1n) is 4.97. The molecule has 0 saturated heterocycles. The Morgan fingerprint density at radius 1 is 1.41 bits per heavy atom. The maximum Gasteiger partial charge on any atom is 0.325 e. The van der Waals surface area contributed by atoms with E-state index in [0.717, 1.165) is 0 Å². The van der Waals surface area contributed by atoms with Crippen LogP contribution in [-0.4, -0.2) is 17.6 Å². The fourth-order valence-electron chi connectivity index (χ4n) is 1.63. The van der Waals surface area contributed by atoms with Gasteiger partial charge >= 0.3 is 5.97 Å². The van der Waals surface area contributed by atoms with Crippen LogP contribution < -0.4 is 5.43 Å². The topological polar surface area (TPSA) is 48.3 Å². The van der Waals surface area contributed by atoms with Crippen molar-refractivity contribution >= 4 is 28.5 Å². The molecule has 1 heterocycles. The molecule has 0 aliphatic heterocycles. The second-order valence-electron chi connectivity index (χ2n) is 3.55. The Labute approximate surface area is 102 Å². The van der Waals surface area contributed by atoms with E-state index in [1.807, 2.05) is 0 Å². The highest BCUT2D eigenvalue weighted by Gasteiger charge is 2.07. The van der Waals surface area contributed by atoms with E-state index in [9.17, 15) is 9.59 Å². The van der Waals surface area contributed by atoms with Gasteiger partial charge in [-0.25, -0.2) is 0 Å². The van der Waals surface area contributed by atoms with E-state index in [1.165, 1.54) is 13.2 Å². The molecular weight excluding hydrogens is 242 g/mol. The molecule has 0 aliphatic rings. The van der Waals surface area contributed by atoms with Gasteiger partial charge in [0.15, 0.2) is 5.43 Å². The van der Waals surface area contributed by atoms with Crippen molar-refractivity contribution in [2.45, 2.75) is 6.54 Å². The number of carbonyl (C=O) groups excluding carboxylic acids is 1. The minimum absolute atomic E-state index is 0.0644. The van der Waals surface area contributed by atoms with Crippen LogP contribution in [0.4, 0.5) is 0 Å². The zero-order valence-electron chi connectivity index (χ0n) is 9.14. The molecule has 0 unspecified atom stereocenters. The Bertz CT molecular complexity index is 633. The largest absolute Gasteiger partial charge is 0.468 e. The number of methoxy groups -OCH3 is 1. The number of carbonyl (C=O) groups is 1. The lowest BCUT2D eigenvalue weighted by Crippen LogP contribution is -2.14. The van der Waals surface area contributed by atoms with Crippen molar-refractivity contribution in [3.05, 3.63) is 45.7 Å². The minimum atomic E-state index is -0.370. The minimum Gasteiger partial charge on any atom is -0.468 e. The van der Waals surface area contributed by atoms with Crippen LogP contribution in [0.2, 0.25) is 5.02 Å². The molecule has 2 aromatic rings. The molecule has 0 aliphatic carbocycles. The van der Waals surface area contributed by atoms with Crippen molar-refractivity contribution in [3.63, 3.8) is 0 Å². The normalized spacial score (nSPS) is 10.5. The Hall–Kier alpha value is -1.81. The van der Waals surface area contributed by atoms with Gasteiger partial charge in [-0.15, -0.1) is 0 Å². The fraction of sp³-hybridized carbons (Fsp3) is 0.167. The number of nitrogens with zero attached hydrogens (tertiary/aromatic N) is 1. The van der Waals surface area contributed by atoms with E-state index in [1.54, 1.807) is 29.0 Å². The van der Waals surface area contributed by atoms with Crippen molar-refractivity contribution in [2.24, 2.45) is 0 Å². The van der Waals surface area contributed by atoms with Crippen LogP contribution in [0.3, 0.4) is 0 Å². The Balaban J connectivity index is 2.62. The number of halogens is 1. The van der Waals surface area contributed by atoms with Gasteiger partial charge in [0.05, 0.1) is 12.6 Å². The van der Waals surface area contributed by atoms with Gasteiger partial charge in [0.1, 0.15) is 6.54 Å². The lowest BCUT2D eigenvalue weighted by Gasteiger charge is -2.09. The molecule has 0 radical (unpaired) electrons. The molecule has 0 N–H and O–H groups in total. The monoisotopic (exact) mass is 251 g/mol. The maximum atomic E-state index is 11.7. The summed E-state index contributed by atoms with van der Waals surface area (Å²) in [5.74, 6) is -0.370. The highest BCUT2D eigenvalue weighted by atomic mass is 35.5. The van der Waals surface area contributed by atoms with Crippen LogP contribution in [0.15, 0.2) is 35.3 Å². The Kier molecular flexibility index (Phi) is 3.15. The number of hydrogen-bond acceptors (Lipinski definition) is 3. The van der Waals surface area contributed by atoms with E-state index >= 15 is 0 Å². The second kappa shape index (κ2) is 4.59. The first-order valence-corrected chi connectivity index (χ1v) is 5.35. The summed E-state index contributed by atoms with van der Waals surface area (Å²) >= 11 is 5.84. The molecule has 0 bridgehead atoms. The lowest BCUT2D eigenvalue weighted by atomic mass is 10.2. The summed E-state index contributed by atoms with van der Waals surface area (Å²) in [5.41, 5.74) is 0.538. The highest BCUT2D eigenvalue weighted by Crippen LogP contribution is 2.16. The zero-order valence-corrected chi connectivity index (χ0v) is 9.90. The maximum absolute atomic E-state index is 11.7. The van der Waals surface area contributed by atoms with E-state index < -0.39 is 0 Å². The average Bonchev–Trinajstić information content (AvgIpc) is 2.33. The smallest absolute Gasteiger partial charge is 0.325 e. The first kappa shape index (κ1) is 11.7. The zero-order chi connectivity index (χ0) is 12.4. The van der Waals surface area contributed by atoms with Gasteiger partial charge < -0.3 is 9.30 Å². The summed E-state index contributed by atoms with van der Waals surface area (Å²) in [6, 6.07) is 6.38. The van der Waals surface area contributed by atoms with Gasteiger partial charge in [-0.05, 0) is 18.2 Å². The van der Waals surface area contributed by atoms with Crippen LogP contribution in [0.25, 0.3) is 10.9 Å². The number of pyridine rings is 1. The molecule has 1 aromatic heterocycles. The number of ether oxygens (including phenoxy) is 1. The SMILES string of the molecule is COC(=O)Cn1ccc(=O)c2cc(Cl)ccc21. The summed E-state index contributed by atoms with van der Waals surface area (Å²) < 4.78 is 6.24. The summed E-state index contributed by atoms with van der Waals surface area (Å²) in [4.78, 5) is 22.9. The van der Waals surface area contributed by atoms with Crippen LogP contribution in [0, 0.1) is 0 Å². The molecule has 1 aromatic carbocycles. The van der Waals surface area contributed by atoms with E-state index in [-0.39, 0.29) is 17.9 Å². The van der Waals surface area contributed by atoms with Gasteiger partial charge in [0.2, 0.25) is 0 Å². The molecule has 0 saturated carbocycles. The van der Waals surface area contributed by atoms with Crippen molar-refractivity contribution < 1.29 is 9.53 Å². The first-order chi connectivity index (χ1) is 8.11. The quantitative estimate of drug-likeness (QED) is 0.765. The third-order valence-corrected chi connectivity index (χ3v) is 2.70. The number of benzene rings is 1. The summed E-state index contributed by atoms with van der Waals surface area (Å²) in [5, 5.41) is 0.981. The molecular formula is C12H10ClNO3. The number of rotatable bonds is 2. The molecule has 0 spiro atoms.